The van der Waals surface area contributed by atoms with Crippen LogP contribution in [-0.4, -0.2) is 111 Å². The molecule has 2 fully saturated rings. The Morgan fingerprint density at radius 1 is 0.737 bits per heavy atom. The first-order valence-electron chi connectivity index (χ1n) is 18.3. The summed E-state index contributed by atoms with van der Waals surface area (Å²) in [6.07, 6.45) is 4.60. The molecule has 3 aromatic carbocycles. The van der Waals surface area contributed by atoms with Crippen LogP contribution >= 0.6 is 34.7 Å². The highest BCUT2D eigenvalue weighted by atomic mass is 35.5. The minimum atomic E-state index is -3.72. The first-order valence-corrected chi connectivity index (χ1v) is 23.2. The molecule has 2 aromatic heterocycles. The average molecular weight is 873 g/mol. The maximum absolute atomic E-state index is 13.4. The van der Waals surface area contributed by atoms with Gasteiger partial charge in [-0.2, -0.15) is 8.75 Å². The largest absolute Gasteiger partial charge is 0.369 e. The standard InChI is InChI=1S/C24H27ClN6O3S2.C12H15N5O2S2/c1-17(31-10-2-3-18-15-19(25)4-9-22(18)31)23(32)30-13-11-29(12-14-30)20-5-7-21(8-6-20)36(33,34)28-24-26-16-27-35-24;18-21(19,16-12-14-9-15-20-12)11-3-1-10(2-4-11)17-7-5-13-6-8-17/h4-9,15-17H,2-3,10-14H2,1H3,(H,26,27,28);1-4,9,13H,5-8H2,(H,14,15,16)/t17-;/m1./s1. The Morgan fingerprint density at radius 3 is 1.77 bits per heavy atom. The zero-order valence-corrected chi connectivity index (χ0v) is 35.0. The Kier molecular flexibility index (Phi) is 12.7. The Hall–Kier alpha value is -4.60. The van der Waals surface area contributed by atoms with Gasteiger partial charge in [-0.05, 0) is 92.1 Å². The molecule has 3 N–H and O–H groups in total. The molecule has 5 heterocycles. The minimum absolute atomic E-state index is 0.127. The van der Waals surface area contributed by atoms with Crippen LogP contribution < -0.4 is 29.5 Å². The lowest BCUT2D eigenvalue weighted by Crippen LogP contribution is -2.55. The van der Waals surface area contributed by atoms with E-state index in [0.29, 0.717) is 26.2 Å². The Labute approximate surface area is 345 Å². The van der Waals surface area contributed by atoms with E-state index in [4.69, 9.17) is 11.6 Å². The van der Waals surface area contributed by atoms with Gasteiger partial charge in [-0.25, -0.2) is 26.8 Å². The maximum Gasteiger partial charge on any atom is 0.263 e. The number of aromatic nitrogens is 4. The first-order chi connectivity index (χ1) is 27.5. The predicted molar refractivity (Wildman–Crippen MR) is 225 cm³/mol. The van der Waals surface area contributed by atoms with Gasteiger partial charge in [-0.1, -0.05) is 11.6 Å². The number of nitrogens with zero attached hydrogens (tertiary/aromatic N) is 8. The van der Waals surface area contributed by atoms with Crippen LogP contribution in [0.3, 0.4) is 0 Å². The number of amides is 1. The van der Waals surface area contributed by atoms with Crippen molar-refractivity contribution in [2.75, 3.05) is 83.0 Å². The number of piperazine rings is 2. The lowest BCUT2D eigenvalue weighted by Gasteiger charge is -2.41. The summed E-state index contributed by atoms with van der Waals surface area (Å²) in [6.45, 7) is 9.16. The van der Waals surface area contributed by atoms with Crippen LogP contribution in [0.1, 0.15) is 18.9 Å². The van der Waals surface area contributed by atoms with E-state index < -0.39 is 20.0 Å². The highest BCUT2D eigenvalue weighted by Crippen LogP contribution is 2.32. The van der Waals surface area contributed by atoms with Crippen LogP contribution in [0.4, 0.5) is 27.3 Å². The van der Waals surface area contributed by atoms with E-state index in [9.17, 15) is 21.6 Å². The van der Waals surface area contributed by atoms with Gasteiger partial charge in [0.25, 0.3) is 20.0 Å². The van der Waals surface area contributed by atoms with Crippen molar-refractivity contribution in [3.63, 3.8) is 0 Å². The predicted octanol–water partition coefficient (Wildman–Crippen LogP) is 4.23. The van der Waals surface area contributed by atoms with Gasteiger partial charge >= 0.3 is 0 Å². The number of benzene rings is 3. The van der Waals surface area contributed by atoms with Crippen LogP contribution in [0.25, 0.3) is 0 Å². The SMILES string of the molecule is C[C@H](C(=O)N1CCN(c2ccc(S(=O)(=O)Nc3ncns3)cc2)CC1)N1CCCc2cc(Cl)ccc21.O=S(=O)(Nc1ncns1)c1ccc(N2CCNCC2)cc1. The summed E-state index contributed by atoms with van der Waals surface area (Å²) in [6, 6.07) is 19.3. The van der Waals surface area contributed by atoms with Gasteiger partial charge in [-0.3, -0.25) is 14.2 Å². The quantitative estimate of drug-likeness (QED) is 0.181. The molecule has 302 valence electrons. The smallest absolute Gasteiger partial charge is 0.263 e. The summed E-state index contributed by atoms with van der Waals surface area (Å²) < 4.78 is 61.9. The third-order valence-corrected chi connectivity index (χ3v) is 14.3. The van der Waals surface area contributed by atoms with E-state index in [1.807, 2.05) is 42.2 Å². The van der Waals surface area contributed by atoms with Gasteiger partial charge in [0, 0.05) is 104 Å². The van der Waals surface area contributed by atoms with Crippen LogP contribution in [0, 0.1) is 0 Å². The molecule has 8 rings (SSSR count). The number of aryl methyl sites for hydroxylation is 1. The molecule has 3 aliphatic heterocycles. The molecule has 3 aliphatic rings. The Balaban J connectivity index is 0.000000200. The van der Waals surface area contributed by atoms with Gasteiger partial charge in [-0.15, -0.1) is 0 Å². The summed E-state index contributed by atoms with van der Waals surface area (Å²) >= 11 is 8.16. The summed E-state index contributed by atoms with van der Waals surface area (Å²) in [5, 5.41) is 4.50. The fourth-order valence-corrected chi connectivity index (χ4v) is 10.5. The second-order valence-corrected chi connectivity index (χ2v) is 18.8. The lowest BCUT2D eigenvalue weighted by atomic mass is 10.00. The third kappa shape index (κ3) is 9.93. The number of anilines is 5. The summed E-state index contributed by atoms with van der Waals surface area (Å²) in [5.74, 6) is 0.127. The molecule has 57 heavy (non-hydrogen) atoms. The topological polar surface area (TPSA) is 186 Å². The van der Waals surface area contributed by atoms with Crippen molar-refractivity contribution in [1.82, 2.24) is 28.9 Å². The zero-order chi connectivity index (χ0) is 40.0. The van der Waals surface area contributed by atoms with Crippen molar-refractivity contribution in [1.29, 1.82) is 0 Å². The lowest BCUT2D eigenvalue weighted by molar-refractivity contribution is -0.132. The number of carbonyl (C=O) groups is 1. The highest BCUT2D eigenvalue weighted by molar-refractivity contribution is 7.93. The zero-order valence-electron chi connectivity index (χ0n) is 31.0. The molecule has 0 saturated carbocycles. The fourth-order valence-electron chi connectivity index (χ4n) is 6.96. The van der Waals surface area contributed by atoms with Crippen molar-refractivity contribution in [2.24, 2.45) is 0 Å². The summed E-state index contributed by atoms with van der Waals surface area (Å²) in [7, 11) is -7.32. The van der Waals surface area contributed by atoms with Crippen LogP contribution in [0.15, 0.2) is 89.2 Å². The van der Waals surface area contributed by atoms with Crippen molar-refractivity contribution in [3.8, 4) is 0 Å². The number of carbonyl (C=O) groups excluding carboxylic acids is 1. The number of nitrogens with one attached hydrogen (secondary N) is 3. The molecule has 1 atom stereocenters. The highest BCUT2D eigenvalue weighted by Gasteiger charge is 2.31. The van der Waals surface area contributed by atoms with Gasteiger partial charge in [0.1, 0.15) is 18.7 Å². The van der Waals surface area contributed by atoms with Crippen molar-refractivity contribution >= 4 is 87.9 Å². The number of hydrogen-bond acceptors (Lipinski definition) is 15. The first kappa shape index (κ1) is 40.6. The van der Waals surface area contributed by atoms with E-state index in [2.05, 4.69) is 48.2 Å². The van der Waals surface area contributed by atoms with Crippen LogP contribution in [0.2, 0.25) is 5.02 Å². The van der Waals surface area contributed by atoms with Gasteiger partial charge in [0.15, 0.2) is 0 Å². The third-order valence-electron chi connectivity index (χ3n) is 9.92. The average Bonchev–Trinajstić information content (AvgIpc) is 3.95. The van der Waals surface area contributed by atoms with E-state index >= 15 is 0 Å². The van der Waals surface area contributed by atoms with Crippen LogP contribution in [0.5, 0.6) is 0 Å². The number of rotatable bonds is 10. The molecule has 21 heteroatoms. The second kappa shape index (κ2) is 17.9. The van der Waals surface area contributed by atoms with E-state index in [-0.39, 0.29) is 32.0 Å². The molecular weight excluding hydrogens is 830 g/mol. The van der Waals surface area contributed by atoms with Gasteiger partial charge in [0.2, 0.25) is 16.2 Å². The molecule has 0 radical (unpaired) electrons. The van der Waals surface area contributed by atoms with E-state index in [0.717, 1.165) is 90.7 Å². The van der Waals surface area contributed by atoms with Crippen molar-refractivity contribution < 1.29 is 21.6 Å². The molecule has 0 unspecified atom stereocenters. The molecule has 0 bridgehead atoms. The number of halogens is 1. The molecule has 2 saturated heterocycles. The monoisotopic (exact) mass is 871 g/mol. The maximum atomic E-state index is 13.4. The van der Waals surface area contributed by atoms with Crippen molar-refractivity contribution in [2.45, 2.75) is 35.6 Å². The molecule has 5 aromatic rings. The Morgan fingerprint density at radius 2 is 1.26 bits per heavy atom. The fraction of sp³-hybridized carbons (Fsp3) is 0.361. The molecule has 16 nitrogen and oxygen atoms in total. The summed E-state index contributed by atoms with van der Waals surface area (Å²) in [5.41, 5.74) is 4.25. The molecule has 1 amide bonds. The second-order valence-electron chi connectivity index (χ2n) is 13.5. The Bertz CT molecular complexity index is 2320. The number of hydrogen-bond donors (Lipinski definition) is 3. The van der Waals surface area contributed by atoms with Gasteiger partial charge < -0.3 is 24.9 Å². The van der Waals surface area contributed by atoms with E-state index in [1.165, 1.54) is 18.2 Å². The molecule has 0 aliphatic carbocycles. The van der Waals surface area contributed by atoms with E-state index in [1.54, 1.807) is 36.4 Å². The van der Waals surface area contributed by atoms with Gasteiger partial charge in [0.05, 0.1) is 9.79 Å². The molecular formula is C36H42ClN11O5S4. The number of sulfonamides is 2. The minimum Gasteiger partial charge on any atom is -0.369 e. The molecule has 0 spiro atoms. The normalized spacial score (nSPS) is 16.6. The van der Waals surface area contributed by atoms with Crippen LogP contribution in [-0.2, 0) is 31.3 Å². The summed E-state index contributed by atoms with van der Waals surface area (Å²) in [4.78, 5) is 29.9. The van der Waals surface area contributed by atoms with Crippen molar-refractivity contribution in [3.05, 3.63) is 90.0 Å². The number of fused-ring (bicyclic) bond motifs is 1.